The first-order valence-electron chi connectivity index (χ1n) is 7.27. The monoisotopic (exact) mass is 260 g/mol. The first-order chi connectivity index (χ1) is 9.20. The molecule has 1 heterocycles. The summed E-state index contributed by atoms with van der Waals surface area (Å²) >= 11 is 0. The summed E-state index contributed by atoms with van der Waals surface area (Å²) in [6.07, 6.45) is 4.97. The van der Waals surface area contributed by atoms with Crippen LogP contribution in [0.25, 0.3) is 0 Å². The summed E-state index contributed by atoms with van der Waals surface area (Å²) in [5.41, 5.74) is 9.34. The Bertz CT molecular complexity index is 462. The van der Waals surface area contributed by atoms with Gasteiger partial charge in [-0.15, -0.1) is 0 Å². The molecule has 0 aromatic heterocycles. The van der Waals surface area contributed by atoms with Gasteiger partial charge in [0, 0.05) is 18.0 Å². The molecule has 0 spiro atoms. The van der Waals surface area contributed by atoms with Crippen LogP contribution in [-0.2, 0) is 6.42 Å². The molecule has 1 unspecified atom stereocenters. The van der Waals surface area contributed by atoms with Crippen molar-refractivity contribution in [1.82, 2.24) is 4.90 Å². The second-order valence-corrected chi connectivity index (χ2v) is 6.12. The molecule has 0 bridgehead atoms. The number of hydrogen-bond donors (Lipinski definition) is 1. The van der Waals surface area contributed by atoms with E-state index in [0.29, 0.717) is 6.04 Å². The molecule has 2 N–H and O–H groups in total. The molecule has 1 atom stereocenters. The fraction of sp³-hybridized carbons (Fsp3) is 0.625. The smallest absolute Gasteiger partial charge is 0.119 e. The summed E-state index contributed by atoms with van der Waals surface area (Å²) in [6, 6.07) is 7.00. The van der Waals surface area contributed by atoms with Gasteiger partial charge in [0.15, 0.2) is 0 Å². The lowest BCUT2D eigenvalue weighted by Crippen LogP contribution is -2.50. The van der Waals surface area contributed by atoms with Gasteiger partial charge in [-0.1, -0.05) is 12.5 Å². The molecule has 0 amide bonds. The van der Waals surface area contributed by atoms with Gasteiger partial charge in [-0.2, -0.15) is 0 Å². The Labute approximate surface area is 115 Å². The quantitative estimate of drug-likeness (QED) is 0.906. The average Bonchev–Trinajstić information content (AvgIpc) is 2.40. The van der Waals surface area contributed by atoms with Crippen molar-refractivity contribution < 1.29 is 4.74 Å². The maximum Gasteiger partial charge on any atom is 0.119 e. The number of methoxy groups -OCH3 is 1. The lowest BCUT2D eigenvalue weighted by Gasteiger charge is -2.52. The summed E-state index contributed by atoms with van der Waals surface area (Å²) in [7, 11) is 3.98. The second-order valence-electron chi connectivity index (χ2n) is 6.12. The molecule has 1 saturated carbocycles. The predicted molar refractivity (Wildman–Crippen MR) is 77.4 cm³/mol. The van der Waals surface area contributed by atoms with Crippen molar-refractivity contribution in [1.29, 1.82) is 0 Å². The number of hydrogen-bond acceptors (Lipinski definition) is 3. The van der Waals surface area contributed by atoms with Gasteiger partial charge in [-0.3, -0.25) is 4.90 Å². The van der Waals surface area contributed by atoms with E-state index in [9.17, 15) is 0 Å². The van der Waals surface area contributed by atoms with Crippen LogP contribution in [0.4, 0.5) is 0 Å². The van der Waals surface area contributed by atoms with E-state index in [0.717, 1.165) is 25.3 Å². The van der Waals surface area contributed by atoms with E-state index in [2.05, 4.69) is 30.1 Å². The standard InChI is InChI=1S/C16H24N2O/c1-18-9-6-12-4-5-13(19-2)10-14(12)15(18)16(11-17)7-3-8-16/h4-5,10,15H,3,6-9,11,17H2,1-2H3. The molecule has 0 radical (unpaired) electrons. The lowest BCUT2D eigenvalue weighted by molar-refractivity contribution is 0.0104. The normalized spacial score (nSPS) is 25.5. The van der Waals surface area contributed by atoms with Crippen molar-refractivity contribution in [2.24, 2.45) is 11.1 Å². The largest absolute Gasteiger partial charge is 0.497 e. The van der Waals surface area contributed by atoms with Crippen molar-refractivity contribution in [2.75, 3.05) is 27.2 Å². The molecule has 1 aliphatic heterocycles. The van der Waals surface area contributed by atoms with Crippen LogP contribution >= 0.6 is 0 Å². The highest BCUT2D eigenvalue weighted by Gasteiger charge is 2.47. The summed E-state index contributed by atoms with van der Waals surface area (Å²) in [4.78, 5) is 2.49. The zero-order chi connectivity index (χ0) is 13.5. The fourth-order valence-electron chi connectivity index (χ4n) is 3.86. The van der Waals surface area contributed by atoms with Crippen LogP contribution < -0.4 is 10.5 Å². The van der Waals surface area contributed by atoms with Gasteiger partial charge in [-0.25, -0.2) is 0 Å². The molecule has 3 rings (SSSR count). The number of benzene rings is 1. The van der Waals surface area contributed by atoms with E-state index < -0.39 is 0 Å². The zero-order valence-electron chi connectivity index (χ0n) is 12.0. The van der Waals surface area contributed by atoms with E-state index in [4.69, 9.17) is 10.5 Å². The summed E-state index contributed by atoms with van der Waals surface area (Å²) in [6.45, 7) is 1.92. The SMILES string of the molecule is COc1ccc2c(c1)C(C1(CN)CCC1)N(C)CC2. The maximum absolute atomic E-state index is 6.13. The van der Waals surface area contributed by atoms with Crippen molar-refractivity contribution in [3.05, 3.63) is 29.3 Å². The third-order valence-electron chi connectivity index (χ3n) is 5.16. The Balaban J connectivity index is 2.04. The van der Waals surface area contributed by atoms with E-state index >= 15 is 0 Å². The third kappa shape index (κ3) is 1.96. The molecule has 3 nitrogen and oxygen atoms in total. The van der Waals surface area contributed by atoms with Crippen LogP contribution in [0.5, 0.6) is 5.75 Å². The molecular weight excluding hydrogens is 236 g/mol. The Hall–Kier alpha value is -1.06. The number of ether oxygens (including phenoxy) is 1. The molecule has 1 aromatic rings. The van der Waals surface area contributed by atoms with Crippen LogP contribution in [0.15, 0.2) is 18.2 Å². The van der Waals surface area contributed by atoms with Crippen molar-refractivity contribution in [2.45, 2.75) is 31.7 Å². The maximum atomic E-state index is 6.13. The van der Waals surface area contributed by atoms with Gasteiger partial charge in [0.1, 0.15) is 5.75 Å². The van der Waals surface area contributed by atoms with Crippen LogP contribution in [0.2, 0.25) is 0 Å². The topological polar surface area (TPSA) is 38.5 Å². The lowest BCUT2D eigenvalue weighted by atomic mass is 9.61. The van der Waals surface area contributed by atoms with Gasteiger partial charge in [0.2, 0.25) is 0 Å². The second kappa shape index (κ2) is 4.80. The number of nitrogens with two attached hydrogens (primary N) is 1. The van der Waals surface area contributed by atoms with Gasteiger partial charge in [0.05, 0.1) is 7.11 Å². The molecule has 1 aliphatic carbocycles. The predicted octanol–water partition coefficient (Wildman–Crippen LogP) is 2.35. The Morgan fingerprint density at radius 3 is 2.79 bits per heavy atom. The molecular formula is C16H24N2O. The van der Waals surface area contributed by atoms with Gasteiger partial charge in [-0.05, 0) is 56.1 Å². The van der Waals surface area contributed by atoms with Crippen molar-refractivity contribution in [3.8, 4) is 5.75 Å². The van der Waals surface area contributed by atoms with Gasteiger partial charge < -0.3 is 10.5 Å². The van der Waals surface area contributed by atoms with Crippen LogP contribution in [0, 0.1) is 5.41 Å². The summed E-state index contributed by atoms with van der Waals surface area (Å²) in [5.74, 6) is 0.963. The van der Waals surface area contributed by atoms with Crippen molar-refractivity contribution in [3.63, 3.8) is 0 Å². The zero-order valence-corrected chi connectivity index (χ0v) is 12.0. The Morgan fingerprint density at radius 2 is 2.21 bits per heavy atom. The van der Waals surface area contributed by atoms with Crippen LogP contribution in [0.3, 0.4) is 0 Å². The number of fused-ring (bicyclic) bond motifs is 1. The highest BCUT2D eigenvalue weighted by Crippen LogP contribution is 2.53. The molecule has 3 heteroatoms. The highest BCUT2D eigenvalue weighted by atomic mass is 16.5. The van der Waals surface area contributed by atoms with Gasteiger partial charge in [0.25, 0.3) is 0 Å². The first kappa shape index (κ1) is 12.9. The Morgan fingerprint density at radius 1 is 1.42 bits per heavy atom. The summed E-state index contributed by atoms with van der Waals surface area (Å²) in [5, 5.41) is 0. The van der Waals surface area contributed by atoms with Crippen LogP contribution in [-0.4, -0.2) is 32.1 Å². The number of likely N-dealkylation sites (N-methyl/N-ethyl adjacent to an activating group) is 1. The number of nitrogens with zero attached hydrogens (tertiary/aromatic N) is 1. The van der Waals surface area contributed by atoms with E-state index in [1.165, 1.54) is 30.4 Å². The average molecular weight is 260 g/mol. The molecule has 1 aromatic carbocycles. The third-order valence-corrected chi connectivity index (χ3v) is 5.16. The number of rotatable bonds is 3. The molecule has 104 valence electrons. The highest BCUT2D eigenvalue weighted by molar-refractivity contribution is 5.41. The first-order valence-corrected chi connectivity index (χ1v) is 7.27. The minimum absolute atomic E-state index is 0.288. The fourth-order valence-corrected chi connectivity index (χ4v) is 3.86. The Kier molecular flexibility index (Phi) is 3.27. The van der Waals surface area contributed by atoms with Crippen LogP contribution in [0.1, 0.15) is 36.4 Å². The van der Waals surface area contributed by atoms with E-state index in [1.807, 2.05) is 0 Å². The van der Waals surface area contributed by atoms with E-state index in [1.54, 1.807) is 7.11 Å². The molecule has 1 fully saturated rings. The minimum atomic E-state index is 0.288. The van der Waals surface area contributed by atoms with E-state index in [-0.39, 0.29) is 5.41 Å². The molecule has 0 saturated heterocycles. The van der Waals surface area contributed by atoms with Crippen molar-refractivity contribution >= 4 is 0 Å². The molecule has 2 aliphatic rings. The van der Waals surface area contributed by atoms with Gasteiger partial charge >= 0.3 is 0 Å². The minimum Gasteiger partial charge on any atom is -0.497 e. The molecule has 19 heavy (non-hydrogen) atoms. The summed E-state index contributed by atoms with van der Waals surface area (Å²) < 4.78 is 5.41.